The van der Waals surface area contributed by atoms with Crippen molar-refractivity contribution in [1.82, 2.24) is 9.78 Å². The molecule has 1 rings (SSSR count). The molecule has 0 aromatic carbocycles. The molecule has 0 saturated carbocycles. The Hall–Kier alpha value is -0.943. The van der Waals surface area contributed by atoms with Crippen molar-refractivity contribution in [3.05, 3.63) is 17.5 Å². The molecular weight excluding hydrogens is 232 g/mol. The van der Waals surface area contributed by atoms with Crippen molar-refractivity contribution >= 4 is 14.6 Å². The number of nitrogens with zero attached hydrogens (tertiary/aromatic N) is 2. The molecular formula is C12H22N2O2Si. The Bertz CT molecular complexity index is 405. The van der Waals surface area contributed by atoms with Gasteiger partial charge < -0.3 is 4.43 Å². The second-order valence-electron chi connectivity index (χ2n) is 5.88. The van der Waals surface area contributed by atoms with Crippen molar-refractivity contribution in [2.45, 2.75) is 45.5 Å². The van der Waals surface area contributed by atoms with Gasteiger partial charge in [-0.2, -0.15) is 5.10 Å². The van der Waals surface area contributed by atoms with Crippen LogP contribution in [0, 0.1) is 0 Å². The fourth-order valence-electron chi connectivity index (χ4n) is 1.24. The normalized spacial score (nSPS) is 12.8. The average molecular weight is 254 g/mol. The lowest BCUT2D eigenvalue weighted by atomic mass is 10.2. The van der Waals surface area contributed by atoms with Crippen LogP contribution in [-0.2, 0) is 18.1 Å². The molecule has 0 saturated heterocycles. The van der Waals surface area contributed by atoms with E-state index < -0.39 is 8.32 Å². The summed E-state index contributed by atoms with van der Waals surface area (Å²) in [6.07, 6.45) is 2.63. The third kappa shape index (κ3) is 3.26. The number of aromatic nitrogens is 2. The molecule has 17 heavy (non-hydrogen) atoms. The van der Waals surface area contributed by atoms with Gasteiger partial charge in [-0.25, -0.2) is 0 Å². The summed E-state index contributed by atoms with van der Waals surface area (Å²) in [5.74, 6) is 0. The summed E-state index contributed by atoms with van der Waals surface area (Å²) in [5.41, 5.74) is 1.35. The molecule has 0 atom stereocenters. The SMILES string of the molecule is Cn1cc(CO[Si](C)(C)C(C)(C)C)c(C=O)n1. The van der Waals surface area contributed by atoms with E-state index >= 15 is 0 Å². The van der Waals surface area contributed by atoms with Gasteiger partial charge >= 0.3 is 0 Å². The monoisotopic (exact) mass is 254 g/mol. The molecule has 0 amide bonds. The molecule has 0 N–H and O–H groups in total. The molecule has 4 nitrogen and oxygen atoms in total. The maximum Gasteiger partial charge on any atom is 0.192 e. The highest BCUT2D eigenvalue weighted by molar-refractivity contribution is 6.74. The highest BCUT2D eigenvalue weighted by atomic mass is 28.4. The van der Waals surface area contributed by atoms with Gasteiger partial charge in [0.1, 0.15) is 5.69 Å². The summed E-state index contributed by atoms with van der Waals surface area (Å²) < 4.78 is 7.71. The van der Waals surface area contributed by atoms with E-state index in [1.54, 1.807) is 4.68 Å². The number of carbonyl (C=O) groups excluding carboxylic acids is 1. The third-order valence-electron chi connectivity index (χ3n) is 3.44. The van der Waals surface area contributed by atoms with E-state index in [-0.39, 0.29) is 5.04 Å². The van der Waals surface area contributed by atoms with Crippen LogP contribution in [0.4, 0.5) is 0 Å². The van der Waals surface area contributed by atoms with Gasteiger partial charge in [-0.05, 0) is 18.1 Å². The molecule has 0 spiro atoms. The van der Waals surface area contributed by atoms with E-state index in [4.69, 9.17) is 4.43 Å². The first-order valence-electron chi connectivity index (χ1n) is 5.79. The summed E-state index contributed by atoms with van der Waals surface area (Å²) in [6.45, 7) is 11.5. The van der Waals surface area contributed by atoms with Gasteiger partial charge in [-0.3, -0.25) is 9.48 Å². The van der Waals surface area contributed by atoms with Gasteiger partial charge in [-0.1, -0.05) is 20.8 Å². The summed E-state index contributed by atoms with van der Waals surface area (Å²) >= 11 is 0. The number of hydrogen-bond acceptors (Lipinski definition) is 3. The van der Waals surface area contributed by atoms with Crippen molar-refractivity contribution in [2.75, 3.05) is 0 Å². The Morgan fingerprint density at radius 1 is 1.47 bits per heavy atom. The highest BCUT2D eigenvalue weighted by Gasteiger charge is 2.37. The van der Waals surface area contributed by atoms with Crippen LogP contribution in [-0.4, -0.2) is 24.4 Å². The van der Waals surface area contributed by atoms with Crippen molar-refractivity contribution < 1.29 is 9.22 Å². The Balaban J connectivity index is 2.77. The fraction of sp³-hybridized carbons (Fsp3) is 0.667. The largest absolute Gasteiger partial charge is 0.412 e. The van der Waals surface area contributed by atoms with Crippen LogP contribution in [0.1, 0.15) is 36.8 Å². The van der Waals surface area contributed by atoms with Crippen molar-refractivity contribution in [2.24, 2.45) is 7.05 Å². The first-order chi connectivity index (χ1) is 7.67. The van der Waals surface area contributed by atoms with Gasteiger partial charge in [0.25, 0.3) is 0 Å². The summed E-state index contributed by atoms with van der Waals surface area (Å²) in [6, 6.07) is 0. The predicted molar refractivity (Wildman–Crippen MR) is 70.6 cm³/mol. The maximum absolute atomic E-state index is 10.8. The van der Waals surface area contributed by atoms with Crippen molar-refractivity contribution in [3.63, 3.8) is 0 Å². The van der Waals surface area contributed by atoms with Crippen LogP contribution in [0.25, 0.3) is 0 Å². The van der Waals surface area contributed by atoms with Crippen molar-refractivity contribution in [3.8, 4) is 0 Å². The van der Waals surface area contributed by atoms with Gasteiger partial charge in [0, 0.05) is 18.8 Å². The Labute approximate surface area is 104 Å². The van der Waals surface area contributed by atoms with Gasteiger partial charge in [0.05, 0.1) is 6.61 Å². The van der Waals surface area contributed by atoms with E-state index in [1.165, 1.54) is 0 Å². The van der Waals surface area contributed by atoms with Crippen LogP contribution >= 0.6 is 0 Å². The summed E-state index contributed by atoms with van der Waals surface area (Å²) in [7, 11) is 0.0413. The number of aldehydes is 1. The van der Waals surface area contributed by atoms with E-state index in [0.29, 0.717) is 12.3 Å². The van der Waals surface area contributed by atoms with E-state index in [2.05, 4.69) is 39.0 Å². The topological polar surface area (TPSA) is 44.1 Å². The molecule has 0 radical (unpaired) electrons. The van der Waals surface area contributed by atoms with Crippen LogP contribution in [0.15, 0.2) is 6.20 Å². The van der Waals surface area contributed by atoms with Crippen LogP contribution in [0.3, 0.4) is 0 Å². The lowest BCUT2D eigenvalue weighted by Crippen LogP contribution is -2.40. The zero-order valence-corrected chi connectivity index (χ0v) is 12.6. The van der Waals surface area contributed by atoms with Crippen LogP contribution in [0.2, 0.25) is 18.1 Å². The Morgan fingerprint density at radius 2 is 2.06 bits per heavy atom. The third-order valence-corrected chi connectivity index (χ3v) is 7.92. The molecule has 0 bridgehead atoms. The molecule has 0 unspecified atom stereocenters. The second-order valence-corrected chi connectivity index (χ2v) is 10.7. The number of hydrogen-bond donors (Lipinski definition) is 0. The van der Waals surface area contributed by atoms with Crippen molar-refractivity contribution in [1.29, 1.82) is 0 Å². The molecule has 0 aliphatic rings. The molecule has 96 valence electrons. The molecule has 1 aromatic rings. The number of rotatable bonds is 4. The lowest BCUT2D eigenvalue weighted by Gasteiger charge is -2.36. The first-order valence-corrected chi connectivity index (χ1v) is 8.70. The molecule has 0 aliphatic carbocycles. The summed E-state index contributed by atoms with van der Waals surface area (Å²) in [4.78, 5) is 10.8. The standard InChI is InChI=1S/C12H22N2O2Si/c1-12(2,3)17(5,6)16-9-10-7-14(4)13-11(10)8-15/h7-8H,9H2,1-6H3. The Kier molecular flexibility index (Phi) is 3.94. The van der Waals surface area contributed by atoms with Crippen LogP contribution in [0.5, 0.6) is 0 Å². The smallest absolute Gasteiger partial charge is 0.192 e. The lowest BCUT2D eigenvalue weighted by molar-refractivity contribution is 0.111. The van der Waals surface area contributed by atoms with Gasteiger partial charge in [0.15, 0.2) is 14.6 Å². The summed E-state index contributed by atoms with van der Waals surface area (Å²) in [5, 5.41) is 4.25. The minimum Gasteiger partial charge on any atom is -0.412 e. The molecule has 0 fully saturated rings. The Morgan fingerprint density at radius 3 is 2.53 bits per heavy atom. The molecule has 5 heteroatoms. The minimum atomic E-state index is -1.77. The van der Waals surface area contributed by atoms with E-state index in [9.17, 15) is 4.79 Å². The van der Waals surface area contributed by atoms with Gasteiger partial charge in [0.2, 0.25) is 0 Å². The number of aryl methyl sites for hydroxylation is 1. The zero-order valence-electron chi connectivity index (χ0n) is 11.6. The maximum atomic E-state index is 10.8. The molecule has 1 heterocycles. The molecule has 1 aromatic heterocycles. The zero-order chi connectivity index (χ0) is 13.3. The second kappa shape index (κ2) is 4.74. The predicted octanol–water partition coefficient (Wildman–Crippen LogP) is 2.75. The number of carbonyl (C=O) groups is 1. The van der Waals surface area contributed by atoms with Crippen LogP contribution < -0.4 is 0 Å². The van der Waals surface area contributed by atoms with E-state index in [0.717, 1.165) is 11.8 Å². The quantitative estimate of drug-likeness (QED) is 0.613. The highest BCUT2D eigenvalue weighted by Crippen LogP contribution is 2.37. The first kappa shape index (κ1) is 14.1. The fourth-order valence-corrected chi connectivity index (χ4v) is 2.19. The average Bonchev–Trinajstić information content (AvgIpc) is 2.54. The minimum absolute atomic E-state index is 0.177. The van der Waals surface area contributed by atoms with E-state index in [1.807, 2.05) is 13.2 Å². The van der Waals surface area contributed by atoms with Gasteiger partial charge in [-0.15, -0.1) is 0 Å². The molecule has 0 aliphatic heterocycles.